The first-order chi connectivity index (χ1) is 9.61. The summed E-state index contributed by atoms with van der Waals surface area (Å²) in [6, 6.07) is 1.47. The smallest absolute Gasteiger partial charge is 0.302 e. The maximum atomic E-state index is 12.4. The predicted molar refractivity (Wildman–Crippen MR) is 69.5 cm³/mol. The lowest BCUT2D eigenvalue weighted by molar-refractivity contribution is 0.183. The Labute approximate surface area is 116 Å². The SMILES string of the molecule is COCCn1ccc(S(=O)(=O)n2cc3c(n2)CNC3)n1. The van der Waals surface area contributed by atoms with E-state index in [1.165, 1.54) is 10.7 Å². The molecule has 1 N–H and O–H groups in total. The van der Waals surface area contributed by atoms with Crippen LogP contribution in [-0.2, 0) is 34.4 Å². The highest BCUT2D eigenvalue weighted by atomic mass is 32.2. The van der Waals surface area contributed by atoms with Gasteiger partial charge in [-0.3, -0.25) is 4.68 Å². The van der Waals surface area contributed by atoms with Crippen molar-refractivity contribution in [1.29, 1.82) is 0 Å². The molecule has 9 heteroatoms. The van der Waals surface area contributed by atoms with Crippen LogP contribution in [0.15, 0.2) is 23.5 Å². The predicted octanol–water partition coefficient (Wildman–Crippen LogP) is -0.434. The monoisotopic (exact) mass is 297 g/mol. The van der Waals surface area contributed by atoms with E-state index in [9.17, 15) is 8.42 Å². The Hall–Kier alpha value is -1.71. The van der Waals surface area contributed by atoms with Crippen LogP contribution in [0.5, 0.6) is 0 Å². The zero-order valence-electron chi connectivity index (χ0n) is 11.0. The summed E-state index contributed by atoms with van der Waals surface area (Å²) in [5.41, 5.74) is 1.68. The van der Waals surface area contributed by atoms with Crippen molar-refractivity contribution in [2.75, 3.05) is 13.7 Å². The molecule has 0 unspecified atom stereocenters. The van der Waals surface area contributed by atoms with Gasteiger partial charge in [0.1, 0.15) is 0 Å². The quantitative estimate of drug-likeness (QED) is 0.805. The van der Waals surface area contributed by atoms with Crippen LogP contribution < -0.4 is 5.32 Å². The molecule has 3 heterocycles. The number of hydrogen-bond acceptors (Lipinski definition) is 6. The molecule has 0 atom stereocenters. The molecule has 0 amide bonds. The normalized spacial score (nSPS) is 14.7. The summed E-state index contributed by atoms with van der Waals surface area (Å²) in [4.78, 5) is 0. The number of aromatic nitrogens is 4. The molecule has 0 saturated heterocycles. The standard InChI is InChI=1S/C11H15N5O3S/c1-19-5-4-15-3-2-11(14-15)20(17,18)16-8-9-6-12-7-10(9)13-16/h2-3,8,12H,4-7H2,1H3. The minimum atomic E-state index is -3.72. The van der Waals surface area contributed by atoms with E-state index in [4.69, 9.17) is 4.74 Å². The molecule has 108 valence electrons. The number of hydrogen-bond donors (Lipinski definition) is 1. The first-order valence-corrected chi connectivity index (χ1v) is 7.61. The fraction of sp³-hybridized carbons (Fsp3) is 0.455. The van der Waals surface area contributed by atoms with Crippen molar-refractivity contribution in [1.82, 2.24) is 24.3 Å². The fourth-order valence-electron chi connectivity index (χ4n) is 2.04. The van der Waals surface area contributed by atoms with Gasteiger partial charge in [0.25, 0.3) is 0 Å². The van der Waals surface area contributed by atoms with E-state index in [1.807, 2.05) is 0 Å². The third-order valence-corrected chi connectivity index (χ3v) is 4.54. The molecule has 0 aromatic carbocycles. The molecular formula is C11H15N5O3S. The van der Waals surface area contributed by atoms with Crippen molar-refractivity contribution in [2.24, 2.45) is 0 Å². The lowest BCUT2D eigenvalue weighted by atomic mass is 10.3. The van der Waals surface area contributed by atoms with Gasteiger partial charge in [-0.2, -0.15) is 22.7 Å². The highest BCUT2D eigenvalue weighted by Crippen LogP contribution is 2.17. The number of nitrogens with zero attached hydrogens (tertiary/aromatic N) is 4. The summed E-state index contributed by atoms with van der Waals surface area (Å²) >= 11 is 0. The second kappa shape index (κ2) is 5.00. The largest absolute Gasteiger partial charge is 0.383 e. The molecular weight excluding hydrogens is 282 g/mol. The number of methoxy groups -OCH3 is 1. The highest BCUT2D eigenvalue weighted by Gasteiger charge is 2.24. The molecule has 0 fully saturated rings. The summed E-state index contributed by atoms with van der Waals surface area (Å²) in [6.07, 6.45) is 3.16. The lowest BCUT2D eigenvalue weighted by Gasteiger charge is -2.02. The number of rotatable bonds is 5. The highest BCUT2D eigenvalue weighted by molar-refractivity contribution is 7.89. The molecule has 2 aromatic rings. The minimum absolute atomic E-state index is 0.0114. The van der Waals surface area contributed by atoms with Gasteiger partial charge in [0.05, 0.1) is 18.8 Å². The number of nitrogens with one attached hydrogen (secondary N) is 1. The van der Waals surface area contributed by atoms with E-state index in [1.54, 1.807) is 19.5 Å². The summed E-state index contributed by atoms with van der Waals surface area (Å²) in [5, 5.41) is 11.3. The zero-order valence-corrected chi connectivity index (χ0v) is 11.8. The second-order valence-electron chi connectivity index (χ2n) is 4.49. The van der Waals surface area contributed by atoms with Gasteiger partial charge >= 0.3 is 10.0 Å². The Bertz CT molecular complexity index is 697. The van der Waals surface area contributed by atoms with Crippen LogP contribution in [0.25, 0.3) is 0 Å². The van der Waals surface area contributed by atoms with Crippen LogP contribution in [0.3, 0.4) is 0 Å². The van der Waals surface area contributed by atoms with Gasteiger partial charge < -0.3 is 10.1 Å². The molecule has 3 rings (SSSR count). The number of fused-ring (bicyclic) bond motifs is 1. The molecule has 20 heavy (non-hydrogen) atoms. The molecule has 0 bridgehead atoms. The van der Waals surface area contributed by atoms with Crippen LogP contribution in [0.2, 0.25) is 0 Å². The first kappa shape index (κ1) is 13.3. The van der Waals surface area contributed by atoms with E-state index >= 15 is 0 Å². The molecule has 1 aliphatic rings. The van der Waals surface area contributed by atoms with Crippen molar-refractivity contribution in [3.05, 3.63) is 29.7 Å². The van der Waals surface area contributed by atoms with Gasteiger partial charge in [0.15, 0.2) is 5.03 Å². The third-order valence-electron chi connectivity index (χ3n) is 3.12. The van der Waals surface area contributed by atoms with Crippen LogP contribution in [-0.4, -0.2) is 41.1 Å². The molecule has 0 spiro atoms. The maximum Gasteiger partial charge on any atom is 0.302 e. The van der Waals surface area contributed by atoms with Gasteiger partial charge in [0, 0.05) is 38.2 Å². The molecule has 2 aromatic heterocycles. The average Bonchev–Trinajstić information content (AvgIpc) is 3.10. The van der Waals surface area contributed by atoms with Crippen molar-refractivity contribution < 1.29 is 13.2 Å². The Balaban J connectivity index is 1.88. The van der Waals surface area contributed by atoms with Crippen molar-refractivity contribution in [2.45, 2.75) is 24.7 Å². The molecule has 8 nitrogen and oxygen atoms in total. The first-order valence-electron chi connectivity index (χ1n) is 6.17. The molecule has 0 aliphatic carbocycles. The van der Waals surface area contributed by atoms with Gasteiger partial charge in [-0.25, -0.2) is 0 Å². The summed E-state index contributed by atoms with van der Waals surface area (Å²) in [6.45, 7) is 2.22. The zero-order chi connectivity index (χ0) is 14.2. The maximum absolute atomic E-state index is 12.4. The van der Waals surface area contributed by atoms with Crippen molar-refractivity contribution in [3.8, 4) is 0 Å². The van der Waals surface area contributed by atoms with Crippen LogP contribution >= 0.6 is 0 Å². The molecule has 1 aliphatic heterocycles. The third kappa shape index (κ3) is 2.23. The lowest BCUT2D eigenvalue weighted by Crippen LogP contribution is -2.16. The fourth-order valence-corrected chi connectivity index (χ4v) is 3.15. The van der Waals surface area contributed by atoms with Crippen LogP contribution in [0.4, 0.5) is 0 Å². The number of ether oxygens (including phenoxy) is 1. The van der Waals surface area contributed by atoms with E-state index in [0.29, 0.717) is 26.2 Å². The Morgan fingerprint density at radius 2 is 2.25 bits per heavy atom. The topological polar surface area (TPSA) is 91.0 Å². The molecule has 0 radical (unpaired) electrons. The van der Waals surface area contributed by atoms with E-state index in [-0.39, 0.29) is 5.03 Å². The Morgan fingerprint density at radius 1 is 1.40 bits per heavy atom. The van der Waals surface area contributed by atoms with Crippen LogP contribution in [0, 0.1) is 0 Å². The van der Waals surface area contributed by atoms with Gasteiger partial charge in [0.2, 0.25) is 0 Å². The van der Waals surface area contributed by atoms with Gasteiger partial charge in [-0.05, 0) is 6.07 Å². The van der Waals surface area contributed by atoms with Gasteiger partial charge in [-0.1, -0.05) is 0 Å². The summed E-state index contributed by atoms with van der Waals surface area (Å²) < 4.78 is 32.3. The Kier molecular flexibility index (Phi) is 3.32. The van der Waals surface area contributed by atoms with Crippen LogP contribution in [0.1, 0.15) is 11.3 Å². The van der Waals surface area contributed by atoms with Crippen molar-refractivity contribution >= 4 is 10.0 Å². The molecule has 0 saturated carbocycles. The van der Waals surface area contributed by atoms with E-state index in [0.717, 1.165) is 15.3 Å². The second-order valence-corrected chi connectivity index (χ2v) is 6.23. The minimum Gasteiger partial charge on any atom is -0.383 e. The summed E-state index contributed by atoms with van der Waals surface area (Å²) in [7, 11) is -2.13. The summed E-state index contributed by atoms with van der Waals surface area (Å²) in [5.74, 6) is 0. The average molecular weight is 297 g/mol. The Morgan fingerprint density at radius 3 is 3.00 bits per heavy atom. The van der Waals surface area contributed by atoms with Crippen molar-refractivity contribution in [3.63, 3.8) is 0 Å². The van der Waals surface area contributed by atoms with Gasteiger partial charge in [-0.15, -0.1) is 0 Å². The van der Waals surface area contributed by atoms with E-state index < -0.39 is 10.0 Å². The van der Waals surface area contributed by atoms with E-state index in [2.05, 4.69) is 15.5 Å².